The standard InChI is InChI=1S/C20H37N7O7/c1-10(2)9-14(18(32)25-11(3)19(33)34)27-17(31)13(6-7-15(28)29)26-16(30)12(21)5-4-8-24-20(22)23/h10-14H,4-9,21H2,1-3H3,(H,25,32)(H,26,30)(H,27,31)(H,28,29)(H,33,34)(H4,22,23,24). The molecule has 0 bridgehead atoms. The molecule has 14 heteroatoms. The lowest BCUT2D eigenvalue weighted by Gasteiger charge is -2.25. The van der Waals surface area contributed by atoms with Gasteiger partial charge < -0.3 is 43.4 Å². The molecule has 3 amide bonds. The van der Waals surface area contributed by atoms with E-state index < -0.39 is 60.2 Å². The number of carbonyl (C=O) groups excluding carboxylic acids is 3. The number of carboxylic acids is 2. The third-order valence-corrected chi connectivity index (χ3v) is 4.65. The van der Waals surface area contributed by atoms with Crippen molar-refractivity contribution in [3.63, 3.8) is 0 Å². The number of nitrogens with two attached hydrogens (primary N) is 3. The molecule has 34 heavy (non-hydrogen) atoms. The summed E-state index contributed by atoms with van der Waals surface area (Å²) in [5, 5.41) is 25.2. The normalized spacial score (nSPS) is 14.3. The predicted octanol–water partition coefficient (Wildman–Crippen LogP) is -2.16. The van der Waals surface area contributed by atoms with E-state index in [2.05, 4.69) is 20.9 Å². The number of hydrogen-bond acceptors (Lipinski definition) is 7. The van der Waals surface area contributed by atoms with Crippen LogP contribution in [0.15, 0.2) is 4.99 Å². The summed E-state index contributed by atoms with van der Waals surface area (Å²) in [4.78, 5) is 63.7. The van der Waals surface area contributed by atoms with Gasteiger partial charge in [-0.3, -0.25) is 29.0 Å². The molecule has 11 N–H and O–H groups in total. The molecular formula is C20H37N7O7. The molecule has 0 aromatic carbocycles. The Morgan fingerprint density at radius 2 is 1.41 bits per heavy atom. The molecule has 4 atom stereocenters. The monoisotopic (exact) mass is 487 g/mol. The predicted molar refractivity (Wildman–Crippen MR) is 123 cm³/mol. The van der Waals surface area contributed by atoms with Gasteiger partial charge in [-0.1, -0.05) is 13.8 Å². The summed E-state index contributed by atoms with van der Waals surface area (Å²) in [6.07, 6.45) is 0.135. The number of nitrogens with one attached hydrogen (secondary N) is 3. The zero-order chi connectivity index (χ0) is 26.4. The van der Waals surface area contributed by atoms with Gasteiger partial charge >= 0.3 is 11.9 Å². The van der Waals surface area contributed by atoms with Crippen LogP contribution in [0.25, 0.3) is 0 Å². The first-order chi connectivity index (χ1) is 15.7. The Labute approximate surface area is 198 Å². The zero-order valence-corrected chi connectivity index (χ0v) is 19.7. The average Bonchev–Trinajstić information content (AvgIpc) is 2.72. The minimum absolute atomic E-state index is 0.0399. The van der Waals surface area contributed by atoms with Gasteiger partial charge in [0, 0.05) is 13.0 Å². The highest BCUT2D eigenvalue weighted by Crippen LogP contribution is 2.08. The molecule has 0 radical (unpaired) electrons. The van der Waals surface area contributed by atoms with Crippen LogP contribution in [0.4, 0.5) is 0 Å². The first kappa shape index (κ1) is 30.6. The second-order valence-electron chi connectivity index (χ2n) is 8.31. The Balaban J connectivity index is 5.32. The third-order valence-electron chi connectivity index (χ3n) is 4.65. The Hall–Kier alpha value is -3.42. The summed E-state index contributed by atoms with van der Waals surface area (Å²) in [5.74, 6) is -4.74. The number of hydrogen-bond donors (Lipinski definition) is 8. The number of amides is 3. The molecule has 0 aliphatic rings. The van der Waals surface area contributed by atoms with Crippen molar-refractivity contribution in [2.24, 2.45) is 28.1 Å². The molecular weight excluding hydrogens is 450 g/mol. The van der Waals surface area contributed by atoms with Gasteiger partial charge in [0.1, 0.15) is 18.1 Å². The van der Waals surface area contributed by atoms with Gasteiger partial charge in [0.15, 0.2) is 5.96 Å². The van der Waals surface area contributed by atoms with E-state index in [0.29, 0.717) is 6.42 Å². The fourth-order valence-electron chi connectivity index (χ4n) is 2.82. The van der Waals surface area contributed by atoms with Gasteiger partial charge in [-0.15, -0.1) is 0 Å². The Morgan fingerprint density at radius 3 is 1.91 bits per heavy atom. The number of aliphatic imine (C=N–C) groups is 1. The summed E-state index contributed by atoms with van der Waals surface area (Å²) in [6.45, 7) is 5.14. The second-order valence-corrected chi connectivity index (χ2v) is 8.31. The molecule has 0 fully saturated rings. The van der Waals surface area contributed by atoms with Crippen LogP contribution in [0.1, 0.15) is 52.9 Å². The van der Waals surface area contributed by atoms with E-state index in [1.165, 1.54) is 6.92 Å². The summed E-state index contributed by atoms with van der Waals surface area (Å²) < 4.78 is 0. The van der Waals surface area contributed by atoms with Crippen molar-refractivity contribution in [1.82, 2.24) is 16.0 Å². The summed E-state index contributed by atoms with van der Waals surface area (Å²) in [7, 11) is 0. The fraction of sp³-hybridized carbons (Fsp3) is 0.700. The van der Waals surface area contributed by atoms with E-state index in [-0.39, 0.29) is 37.7 Å². The van der Waals surface area contributed by atoms with Crippen molar-refractivity contribution in [2.75, 3.05) is 6.54 Å². The Kier molecular flexibility index (Phi) is 13.9. The maximum absolute atomic E-state index is 12.9. The van der Waals surface area contributed by atoms with Gasteiger partial charge in [0.05, 0.1) is 6.04 Å². The van der Waals surface area contributed by atoms with Crippen molar-refractivity contribution in [1.29, 1.82) is 0 Å². The minimum Gasteiger partial charge on any atom is -0.481 e. The molecule has 4 unspecified atom stereocenters. The Bertz CT molecular complexity index is 754. The summed E-state index contributed by atoms with van der Waals surface area (Å²) in [5.41, 5.74) is 16.3. The number of rotatable bonds is 16. The van der Waals surface area contributed by atoms with Crippen LogP contribution in [0.3, 0.4) is 0 Å². The van der Waals surface area contributed by atoms with Crippen molar-refractivity contribution >= 4 is 35.6 Å². The highest BCUT2D eigenvalue weighted by Gasteiger charge is 2.30. The van der Waals surface area contributed by atoms with E-state index in [4.69, 9.17) is 27.4 Å². The van der Waals surface area contributed by atoms with Crippen molar-refractivity contribution < 1.29 is 34.2 Å². The van der Waals surface area contributed by atoms with Crippen LogP contribution >= 0.6 is 0 Å². The maximum Gasteiger partial charge on any atom is 0.325 e. The van der Waals surface area contributed by atoms with Gasteiger partial charge in [-0.25, -0.2) is 0 Å². The van der Waals surface area contributed by atoms with Gasteiger partial charge in [0.2, 0.25) is 17.7 Å². The SMILES string of the molecule is CC(C)CC(NC(=O)C(CCC(=O)O)NC(=O)C(N)CCCN=C(N)N)C(=O)NC(C)C(=O)O. The van der Waals surface area contributed by atoms with Gasteiger partial charge in [-0.2, -0.15) is 0 Å². The average molecular weight is 488 g/mol. The lowest BCUT2D eigenvalue weighted by molar-refractivity contribution is -0.142. The van der Waals surface area contributed by atoms with Crippen LogP contribution in [0, 0.1) is 5.92 Å². The second kappa shape index (κ2) is 15.4. The quantitative estimate of drug-likeness (QED) is 0.0664. The summed E-state index contributed by atoms with van der Waals surface area (Å²) in [6, 6.07) is -4.54. The zero-order valence-electron chi connectivity index (χ0n) is 19.7. The molecule has 0 saturated heterocycles. The third kappa shape index (κ3) is 13.2. The fourth-order valence-corrected chi connectivity index (χ4v) is 2.82. The molecule has 194 valence electrons. The number of guanidine groups is 1. The van der Waals surface area contributed by atoms with E-state index >= 15 is 0 Å². The largest absolute Gasteiger partial charge is 0.481 e. The maximum atomic E-state index is 12.9. The lowest BCUT2D eigenvalue weighted by Crippen LogP contribution is -2.57. The highest BCUT2D eigenvalue weighted by atomic mass is 16.4. The molecule has 0 aromatic heterocycles. The van der Waals surface area contributed by atoms with Crippen molar-refractivity contribution in [3.8, 4) is 0 Å². The molecule has 0 aromatic rings. The summed E-state index contributed by atoms with van der Waals surface area (Å²) >= 11 is 0. The molecule has 0 aliphatic carbocycles. The van der Waals surface area contributed by atoms with Crippen LogP contribution in [-0.4, -0.2) is 76.5 Å². The van der Waals surface area contributed by atoms with E-state index in [0.717, 1.165) is 0 Å². The topological polar surface area (TPSA) is 252 Å². The van der Waals surface area contributed by atoms with Crippen LogP contribution in [0.2, 0.25) is 0 Å². The van der Waals surface area contributed by atoms with E-state index in [9.17, 15) is 24.0 Å². The number of aliphatic carboxylic acids is 2. The Morgan fingerprint density at radius 1 is 0.853 bits per heavy atom. The van der Waals surface area contributed by atoms with E-state index in [1.807, 2.05) is 0 Å². The van der Waals surface area contributed by atoms with Gasteiger partial charge in [0.25, 0.3) is 0 Å². The van der Waals surface area contributed by atoms with Crippen LogP contribution < -0.4 is 33.2 Å². The molecule has 0 heterocycles. The lowest BCUT2D eigenvalue weighted by atomic mass is 10.0. The molecule has 0 rings (SSSR count). The highest BCUT2D eigenvalue weighted by molar-refractivity contribution is 5.94. The number of carbonyl (C=O) groups is 5. The first-order valence-electron chi connectivity index (χ1n) is 10.9. The first-order valence-corrected chi connectivity index (χ1v) is 10.9. The van der Waals surface area contributed by atoms with Crippen molar-refractivity contribution in [2.45, 2.75) is 77.0 Å². The van der Waals surface area contributed by atoms with E-state index in [1.54, 1.807) is 13.8 Å². The van der Waals surface area contributed by atoms with Crippen LogP contribution in [-0.2, 0) is 24.0 Å². The molecule has 0 spiro atoms. The molecule has 0 aliphatic heterocycles. The number of nitrogens with zero attached hydrogens (tertiary/aromatic N) is 1. The van der Waals surface area contributed by atoms with Crippen LogP contribution in [0.5, 0.6) is 0 Å². The van der Waals surface area contributed by atoms with Crippen molar-refractivity contribution in [3.05, 3.63) is 0 Å². The number of carboxylic acid groups (broad SMARTS) is 2. The minimum atomic E-state index is -1.27. The smallest absolute Gasteiger partial charge is 0.325 e. The molecule has 0 saturated carbocycles. The molecule has 14 nitrogen and oxygen atoms in total. The van der Waals surface area contributed by atoms with Gasteiger partial charge in [-0.05, 0) is 38.5 Å².